The van der Waals surface area contributed by atoms with E-state index >= 15 is 0 Å². The van der Waals surface area contributed by atoms with E-state index < -0.39 is 0 Å². The number of ether oxygens (including phenoxy) is 1. The van der Waals surface area contributed by atoms with Crippen LogP contribution in [-0.2, 0) is 19.6 Å². The molecular formula is C22H20N4O2. The fraction of sp³-hybridized carbons (Fsp3) is 0.182. The molecule has 0 saturated carbocycles. The number of nitrogens with one attached hydrogen (secondary N) is 2. The number of nitrogens with zero attached hydrogens (tertiary/aromatic N) is 2. The Morgan fingerprint density at radius 3 is 2.96 bits per heavy atom. The van der Waals surface area contributed by atoms with Gasteiger partial charge in [-0.25, -0.2) is 0 Å². The number of rotatable bonds is 4. The van der Waals surface area contributed by atoms with E-state index in [0.29, 0.717) is 12.4 Å². The number of H-pyrrole nitrogens is 1. The first kappa shape index (κ1) is 16.8. The average molecular weight is 372 g/mol. The standard InChI is InChI=1S/C22H20N4O2/c27-22-12-17(28-14-15-3-1-2-8-24-15)7-10-26(22)16-4-5-18-19-6-9-23-13-21(19)25-20(18)11-16/h1-5,7-8,10-12,23,25H,6,9,13-14H2. The Labute approximate surface area is 161 Å². The van der Waals surface area contributed by atoms with Crippen LogP contribution >= 0.6 is 0 Å². The molecule has 1 aromatic carbocycles. The van der Waals surface area contributed by atoms with Crippen molar-refractivity contribution >= 4 is 10.9 Å². The van der Waals surface area contributed by atoms with Crippen LogP contribution in [0.5, 0.6) is 5.75 Å². The van der Waals surface area contributed by atoms with Gasteiger partial charge in [0.25, 0.3) is 5.56 Å². The van der Waals surface area contributed by atoms with Gasteiger partial charge >= 0.3 is 0 Å². The fourth-order valence-corrected chi connectivity index (χ4v) is 3.72. The molecule has 0 atom stereocenters. The minimum atomic E-state index is -0.129. The van der Waals surface area contributed by atoms with E-state index in [0.717, 1.165) is 36.4 Å². The lowest BCUT2D eigenvalue weighted by Gasteiger charge is -2.12. The van der Waals surface area contributed by atoms with Crippen LogP contribution in [0, 0.1) is 0 Å². The van der Waals surface area contributed by atoms with Gasteiger partial charge in [-0.05, 0) is 48.9 Å². The molecule has 0 aliphatic carbocycles. The third-order valence-corrected chi connectivity index (χ3v) is 5.11. The number of pyridine rings is 2. The van der Waals surface area contributed by atoms with Crippen molar-refractivity contribution in [1.29, 1.82) is 0 Å². The normalized spacial score (nSPS) is 13.4. The van der Waals surface area contributed by atoms with Crippen LogP contribution in [-0.4, -0.2) is 21.1 Å². The van der Waals surface area contributed by atoms with Crippen LogP contribution < -0.4 is 15.6 Å². The number of aromatic nitrogens is 3. The van der Waals surface area contributed by atoms with Gasteiger partial charge in [0.1, 0.15) is 12.4 Å². The van der Waals surface area contributed by atoms with Gasteiger partial charge in [-0.2, -0.15) is 0 Å². The molecule has 0 unspecified atom stereocenters. The summed E-state index contributed by atoms with van der Waals surface area (Å²) >= 11 is 0. The Morgan fingerprint density at radius 1 is 1.14 bits per heavy atom. The van der Waals surface area contributed by atoms with Crippen LogP contribution in [0.2, 0.25) is 0 Å². The van der Waals surface area contributed by atoms with Crippen LogP contribution in [0.1, 0.15) is 17.0 Å². The molecule has 5 rings (SSSR count). The zero-order valence-electron chi connectivity index (χ0n) is 15.3. The smallest absolute Gasteiger partial charge is 0.258 e. The highest BCUT2D eigenvalue weighted by Crippen LogP contribution is 2.26. The molecule has 140 valence electrons. The molecule has 0 fully saturated rings. The van der Waals surface area contributed by atoms with Crippen molar-refractivity contribution in [1.82, 2.24) is 19.9 Å². The van der Waals surface area contributed by atoms with Gasteiger partial charge in [-0.3, -0.25) is 14.3 Å². The molecule has 3 aromatic heterocycles. The van der Waals surface area contributed by atoms with Crippen molar-refractivity contribution in [2.24, 2.45) is 0 Å². The maximum atomic E-state index is 12.6. The second-order valence-electron chi connectivity index (χ2n) is 6.92. The zero-order chi connectivity index (χ0) is 18.9. The first-order valence-corrected chi connectivity index (χ1v) is 9.38. The van der Waals surface area contributed by atoms with Crippen molar-refractivity contribution < 1.29 is 4.74 Å². The summed E-state index contributed by atoms with van der Waals surface area (Å²) in [5, 5.41) is 4.62. The average Bonchev–Trinajstić information content (AvgIpc) is 3.11. The lowest BCUT2D eigenvalue weighted by Crippen LogP contribution is -2.22. The molecule has 0 amide bonds. The van der Waals surface area contributed by atoms with E-state index in [1.165, 1.54) is 22.7 Å². The number of hydrogen-bond acceptors (Lipinski definition) is 4. The first-order chi connectivity index (χ1) is 13.8. The molecular weight excluding hydrogens is 352 g/mol. The molecule has 6 nitrogen and oxygen atoms in total. The Balaban J connectivity index is 1.42. The maximum absolute atomic E-state index is 12.6. The Kier molecular flexibility index (Phi) is 4.18. The molecule has 0 radical (unpaired) electrons. The van der Waals surface area contributed by atoms with Gasteiger partial charge in [0.15, 0.2) is 0 Å². The van der Waals surface area contributed by atoms with E-state index in [2.05, 4.69) is 21.4 Å². The number of hydrogen-bond donors (Lipinski definition) is 2. The summed E-state index contributed by atoms with van der Waals surface area (Å²) < 4.78 is 7.33. The zero-order valence-corrected chi connectivity index (χ0v) is 15.3. The van der Waals surface area contributed by atoms with Crippen LogP contribution in [0.4, 0.5) is 0 Å². The molecule has 2 N–H and O–H groups in total. The topological polar surface area (TPSA) is 71.9 Å². The largest absolute Gasteiger partial charge is 0.487 e. The summed E-state index contributed by atoms with van der Waals surface area (Å²) in [4.78, 5) is 20.3. The molecule has 0 bridgehead atoms. The molecule has 28 heavy (non-hydrogen) atoms. The van der Waals surface area contributed by atoms with Gasteiger partial charge in [0.2, 0.25) is 0 Å². The van der Waals surface area contributed by atoms with Crippen LogP contribution in [0.3, 0.4) is 0 Å². The summed E-state index contributed by atoms with van der Waals surface area (Å²) in [7, 11) is 0. The van der Waals surface area contributed by atoms with E-state index in [-0.39, 0.29) is 5.56 Å². The second-order valence-corrected chi connectivity index (χ2v) is 6.92. The van der Waals surface area contributed by atoms with E-state index in [1.807, 2.05) is 30.3 Å². The summed E-state index contributed by atoms with van der Waals surface area (Å²) in [6.45, 7) is 2.20. The molecule has 0 spiro atoms. The van der Waals surface area contributed by atoms with Crippen molar-refractivity contribution in [3.63, 3.8) is 0 Å². The number of benzene rings is 1. The summed E-state index contributed by atoms with van der Waals surface area (Å²) in [5.74, 6) is 0.536. The fourth-order valence-electron chi connectivity index (χ4n) is 3.72. The highest BCUT2D eigenvalue weighted by atomic mass is 16.5. The molecule has 1 aliphatic heterocycles. The Bertz CT molecular complexity index is 1190. The van der Waals surface area contributed by atoms with Gasteiger partial charge in [0, 0.05) is 41.6 Å². The number of aromatic amines is 1. The van der Waals surface area contributed by atoms with Gasteiger partial charge in [-0.15, -0.1) is 0 Å². The quantitative estimate of drug-likeness (QED) is 0.578. The van der Waals surface area contributed by atoms with Crippen LogP contribution in [0.15, 0.2) is 65.7 Å². The highest BCUT2D eigenvalue weighted by Gasteiger charge is 2.15. The lowest BCUT2D eigenvalue weighted by atomic mass is 10.0. The maximum Gasteiger partial charge on any atom is 0.258 e. The first-order valence-electron chi connectivity index (χ1n) is 9.38. The third-order valence-electron chi connectivity index (χ3n) is 5.11. The highest BCUT2D eigenvalue weighted by molar-refractivity contribution is 5.86. The Hall–Kier alpha value is -3.38. The number of fused-ring (bicyclic) bond motifs is 3. The monoisotopic (exact) mass is 372 g/mol. The molecule has 1 aliphatic rings. The van der Waals surface area contributed by atoms with Gasteiger partial charge in [0.05, 0.1) is 11.4 Å². The van der Waals surface area contributed by atoms with Crippen molar-refractivity contribution in [2.75, 3.05) is 6.54 Å². The van der Waals surface area contributed by atoms with Crippen molar-refractivity contribution in [3.05, 3.63) is 88.2 Å². The minimum absolute atomic E-state index is 0.129. The molecule has 4 heterocycles. The summed E-state index contributed by atoms with van der Waals surface area (Å²) in [5.41, 5.74) is 5.21. The SMILES string of the molecule is O=c1cc(OCc2ccccn2)ccn1-c1ccc2c3c([nH]c2c1)CNCC3. The lowest BCUT2D eigenvalue weighted by molar-refractivity contribution is 0.300. The Morgan fingerprint density at radius 2 is 2.11 bits per heavy atom. The molecule has 6 heteroatoms. The van der Waals surface area contributed by atoms with E-state index in [9.17, 15) is 4.79 Å². The second kappa shape index (κ2) is 6.98. The summed E-state index contributed by atoms with van der Waals surface area (Å²) in [6.07, 6.45) is 4.50. The van der Waals surface area contributed by atoms with E-state index in [4.69, 9.17) is 4.74 Å². The van der Waals surface area contributed by atoms with Gasteiger partial charge in [-0.1, -0.05) is 12.1 Å². The summed E-state index contributed by atoms with van der Waals surface area (Å²) in [6, 6.07) is 15.1. The van der Waals surface area contributed by atoms with Crippen molar-refractivity contribution in [3.8, 4) is 11.4 Å². The predicted octanol–water partition coefficient (Wildman–Crippen LogP) is 2.94. The molecule has 0 saturated heterocycles. The van der Waals surface area contributed by atoms with E-state index in [1.54, 1.807) is 23.0 Å². The minimum Gasteiger partial charge on any atom is -0.487 e. The van der Waals surface area contributed by atoms with Crippen molar-refractivity contribution in [2.45, 2.75) is 19.6 Å². The third kappa shape index (κ3) is 3.08. The van der Waals surface area contributed by atoms with Gasteiger partial charge < -0.3 is 15.0 Å². The van der Waals surface area contributed by atoms with Crippen LogP contribution in [0.25, 0.3) is 16.6 Å². The molecule has 4 aromatic rings. The predicted molar refractivity (Wildman–Crippen MR) is 108 cm³/mol.